The van der Waals surface area contributed by atoms with Crippen molar-refractivity contribution in [2.45, 2.75) is 6.54 Å². The third-order valence-electron chi connectivity index (χ3n) is 3.60. The van der Waals surface area contributed by atoms with Crippen molar-refractivity contribution >= 4 is 11.0 Å². The van der Waals surface area contributed by atoms with E-state index in [1.54, 1.807) is 12.1 Å². The molecule has 22 heavy (non-hydrogen) atoms. The molecule has 0 unspecified atom stereocenters. The van der Waals surface area contributed by atoms with E-state index in [2.05, 4.69) is 0 Å². The average Bonchev–Trinajstić information content (AvgIpc) is 2.50. The van der Waals surface area contributed by atoms with Crippen molar-refractivity contribution in [1.29, 1.82) is 0 Å². The zero-order valence-corrected chi connectivity index (χ0v) is 12.6. The van der Waals surface area contributed by atoms with Crippen LogP contribution in [0.4, 0.5) is 0 Å². The number of nitrogens with one attached hydrogen (secondary N) is 1. The number of hydrogen-bond donors (Lipinski definition) is 2. The van der Waals surface area contributed by atoms with Gasteiger partial charge >= 0.3 is 5.63 Å². The summed E-state index contributed by atoms with van der Waals surface area (Å²) in [5.74, 6) is 0.157. The monoisotopic (exact) mass is 296 g/mol. The van der Waals surface area contributed by atoms with Crippen LogP contribution in [0.25, 0.3) is 22.1 Å². The van der Waals surface area contributed by atoms with Gasteiger partial charge in [-0.15, -0.1) is 0 Å². The summed E-state index contributed by atoms with van der Waals surface area (Å²) in [5.41, 5.74) is 2.09. The minimum Gasteiger partial charge on any atom is -0.507 e. The normalized spacial score (nSPS) is 11.2. The predicted molar refractivity (Wildman–Crippen MR) is 86.1 cm³/mol. The number of aromatic hydroxyl groups is 1. The maximum Gasteiger partial charge on any atom is 0.344 e. The fraction of sp³-hybridized carbons (Fsp3) is 0.167. The summed E-state index contributed by atoms with van der Waals surface area (Å²) in [6.07, 6.45) is 0. The van der Waals surface area contributed by atoms with E-state index in [1.165, 1.54) is 0 Å². The third-order valence-corrected chi connectivity index (χ3v) is 3.60. The Bertz CT molecular complexity index is 867. The Labute approximate surface area is 128 Å². The molecule has 0 aliphatic heterocycles. The van der Waals surface area contributed by atoms with Gasteiger partial charge in [-0.25, -0.2) is 4.79 Å². The van der Waals surface area contributed by atoms with Gasteiger partial charge in [-0.1, -0.05) is 30.3 Å². The molecule has 0 atom stereocenters. The van der Waals surface area contributed by atoms with E-state index < -0.39 is 0 Å². The van der Waals surface area contributed by atoms with Crippen molar-refractivity contribution in [2.75, 3.05) is 14.1 Å². The van der Waals surface area contributed by atoms with Gasteiger partial charge in [0.25, 0.3) is 0 Å². The fourth-order valence-corrected chi connectivity index (χ4v) is 2.58. The zero-order chi connectivity index (χ0) is 15.7. The average molecular weight is 296 g/mol. The highest BCUT2D eigenvalue weighted by molar-refractivity contribution is 5.85. The summed E-state index contributed by atoms with van der Waals surface area (Å²) in [5, 5.41) is 10.9. The topological polar surface area (TPSA) is 54.9 Å². The molecule has 0 aliphatic rings. The first-order valence-corrected chi connectivity index (χ1v) is 7.19. The Morgan fingerprint density at radius 2 is 1.82 bits per heavy atom. The van der Waals surface area contributed by atoms with Crippen molar-refractivity contribution < 1.29 is 14.4 Å². The van der Waals surface area contributed by atoms with Crippen LogP contribution in [0.5, 0.6) is 5.75 Å². The molecule has 0 saturated carbocycles. The molecule has 4 nitrogen and oxygen atoms in total. The van der Waals surface area contributed by atoms with Gasteiger partial charge < -0.3 is 14.4 Å². The second kappa shape index (κ2) is 5.66. The van der Waals surface area contributed by atoms with Crippen molar-refractivity contribution in [3.63, 3.8) is 0 Å². The molecule has 0 bridgehead atoms. The second-order valence-electron chi connectivity index (χ2n) is 5.68. The number of benzene rings is 2. The Balaban J connectivity index is 2.24. The quantitative estimate of drug-likeness (QED) is 0.725. The van der Waals surface area contributed by atoms with E-state index in [1.807, 2.05) is 50.5 Å². The Kier molecular flexibility index (Phi) is 3.69. The number of rotatable bonds is 3. The predicted octanol–water partition coefficient (Wildman–Crippen LogP) is 1.81. The van der Waals surface area contributed by atoms with Gasteiger partial charge in [0.15, 0.2) is 5.58 Å². The van der Waals surface area contributed by atoms with Crippen LogP contribution >= 0.6 is 0 Å². The summed E-state index contributed by atoms with van der Waals surface area (Å²) in [6, 6.07) is 14.7. The zero-order valence-electron chi connectivity index (χ0n) is 12.6. The van der Waals surface area contributed by atoms with Crippen molar-refractivity contribution in [1.82, 2.24) is 0 Å². The Hall–Kier alpha value is -2.59. The number of phenols is 1. The molecule has 4 heteroatoms. The molecule has 2 aromatic carbocycles. The largest absolute Gasteiger partial charge is 0.507 e. The van der Waals surface area contributed by atoms with Crippen LogP contribution in [0.3, 0.4) is 0 Å². The van der Waals surface area contributed by atoms with Crippen LogP contribution in [0.2, 0.25) is 0 Å². The van der Waals surface area contributed by atoms with Crippen LogP contribution in [-0.4, -0.2) is 19.2 Å². The molecule has 2 N–H and O–H groups in total. The summed E-state index contributed by atoms with van der Waals surface area (Å²) in [6.45, 7) is 0.580. The molecule has 1 heterocycles. The first-order valence-electron chi connectivity index (χ1n) is 7.19. The van der Waals surface area contributed by atoms with Crippen molar-refractivity contribution in [3.8, 4) is 16.9 Å². The van der Waals surface area contributed by atoms with E-state index in [0.29, 0.717) is 23.3 Å². The van der Waals surface area contributed by atoms with Crippen LogP contribution in [0.1, 0.15) is 5.56 Å². The molecule has 3 aromatic rings. The van der Waals surface area contributed by atoms with Gasteiger partial charge in [-0.3, -0.25) is 0 Å². The van der Waals surface area contributed by atoms with Crippen LogP contribution in [0.15, 0.2) is 57.7 Å². The minimum absolute atomic E-state index is 0.157. The highest BCUT2D eigenvalue weighted by atomic mass is 16.4. The maximum atomic E-state index is 12.3. The van der Waals surface area contributed by atoms with Gasteiger partial charge in [-0.2, -0.15) is 0 Å². The molecule has 1 aromatic heterocycles. The summed E-state index contributed by atoms with van der Waals surface area (Å²) in [4.78, 5) is 13.5. The van der Waals surface area contributed by atoms with Gasteiger partial charge in [0.2, 0.25) is 0 Å². The fourth-order valence-electron chi connectivity index (χ4n) is 2.58. The van der Waals surface area contributed by atoms with Gasteiger partial charge in [-0.05, 0) is 23.8 Å². The van der Waals surface area contributed by atoms with E-state index >= 15 is 0 Å². The number of phenolic OH excluding ortho intramolecular Hbond substituents is 1. The molecule has 0 fully saturated rings. The first-order chi connectivity index (χ1) is 10.6. The number of fused-ring (bicyclic) bond motifs is 1. The highest BCUT2D eigenvalue weighted by Gasteiger charge is 2.15. The van der Waals surface area contributed by atoms with E-state index in [-0.39, 0.29) is 11.4 Å². The van der Waals surface area contributed by atoms with Gasteiger partial charge in [0.05, 0.1) is 25.2 Å². The molecule has 0 aliphatic carbocycles. The third kappa shape index (κ3) is 2.61. The van der Waals surface area contributed by atoms with Crippen LogP contribution in [-0.2, 0) is 6.54 Å². The second-order valence-corrected chi connectivity index (χ2v) is 5.68. The lowest BCUT2D eigenvalue weighted by Gasteiger charge is -2.11. The summed E-state index contributed by atoms with van der Waals surface area (Å²) in [7, 11) is 3.96. The van der Waals surface area contributed by atoms with E-state index in [4.69, 9.17) is 4.42 Å². The summed E-state index contributed by atoms with van der Waals surface area (Å²) >= 11 is 0. The van der Waals surface area contributed by atoms with Gasteiger partial charge in [0, 0.05) is 5.39 Å². The molecule has 3 rings (SSSR count). The van der Waals surface area contributed by atoms with Crippen molar-refractivity contribution in [2.24, 2.45) is 0 Å². The lowest BCUT2D eigenvalue weighted by molar-refractivity contribution is -0.872. The smallest absolute Gasteiger partial charge is 0.344 e. The molecule has 0 amide bonds. The van der Waals surface area contributed by atoms with E-state index in [0.717, 1.165) is 15.8 Å². The molecule has 0 saturated heterocycles. The first kappa shape index (κ1) is 14.4. The highest BCUT2D eigenvalue weighted by Crippen LogP contribution is 2.28. The summed E-state index contributed by atoms with van der Waals surface area (Å²) < 4.78 is 5.53. The standard InChI is InChI=1S/C18H17NO3/c1-19(2)11-15-16(20)9-8-13-10-14(18(21)22-17(13)15)12-6-4-3-5-7-12/h3-10,20H,11H2,1-2H3/p+1. The Morgan fingerprint density at radius 1 is 1.09 bits per heavy atom. The molecular weight excluding hydrogens is 278 g/mol. The number of hydrogen-bond acceptors (Lipinski definition) is 3. The van der Waals surface area contributed by atoms with Gasteiger partial charge in [0.1, 0.15) is 12.3 Å². The van der Waals surface area contributed by atoms with Crippen LogP contribution in [0, 0.1) is 0 Å². The molecular formula is C18H18NO3+. The number of quaternary nitrogens is 1. The molecule has 112 valence electrons. The van der Waals surface area contributed by atoms with E-state index in [9.17, 15) is 9.90 Å². The maximum absolute atomic E-state index is 12.3. The van der Waals surface area contributed by atoms with Crippen molar-refractivity contribution in [3.05, 3.63) is 64.5 Å². The lowest BCUT2D eigenvalue weighted by Crippen LogP contribution is -3.04. The SMILES string of the molecule is C[NH+](C)Cc1c(O)ccc2cc(-c3ccccc3)c(=O)oc12. The molecule has 0 radical (unpaired) electrons. The molecule has 0 spiro atoms. The minimum atomic E-state index is -0.390. The van der Waals surface area contributed by atoms with Crippen LogP contribution < -0.4 is 10.5 Å². The lowest BCUT2D eigenvalue weighted by atomic mass is 10.0. The Morgan fingerprint density at radius 3 is 2.50 bits per heavy atom.